The average molecular weight is 264 g/mol. The second kappa shape index (κ2) is 4.87. The number of ether oxygens (including phenoxy) is 1. The van der Waals surface area contributed by atoms with Crippen molar-refractivity contribution in [3.8, 4) is 0 Å². The topological polar surface area (TPSA) is 58.6 Å². The van der Waals surface area contributed by atoms with Crippen LogP contribution in [0.5, 0.6) is 0 Å². The van der Waals surface area contributed by atoms with Crippen LogP contribution >= 0.6 is 0 Å². The van der Waals surface area contributed by atoms with Crippen LogP contribution in [0.4, 0.5) is 4.79 Å². The Morgan fingerprint density at radius 3 is 2.84 bits per heavy atom. The van der Waals surface area contributed by atoms with Gasteiger partial charge in [0, 0.05) is 32.4 Å². The van der Waals surface area contributed by atoms with Gasteiger partial charge in [0.15, 0.2) is 0 Å². The summed E-state index contributed by atoms with van der Waals surface area (Å²) >= 11 is 0. The molecule has 2 fully saturated rings. The summed E-state index contributed by atoms with van der Waals surface area (Å²) in [6, 6.07) is 0. The number of piperidine rings is 1. The van der Waals surface area contributed by atoms with E-state index >= 15 is 0 Å². The number of hydrogen-bond acceptors (Lipinski definition) is 3. The molecule has 1 atom stereocenters. The summed E-state index contributed by atoms with van der Waals surface area (Å²) < 4.78 is 5.35. The Kier molecular flexibility index (Phi) is 3.21. The minimum atomic E-state index is -0.360. The molecule has 3 aliphatic rings. The van der Waals surface area contributed by atoms with Crippen molar-refractivity contribution in [2.24, 2.45) is 5.92 Å². The van der Waals surface area contributed by atoms with E-state index in [4.69, 9.17) is 4.74 Å². The van der Waals surface area contributed by atoms with Crippen molar-refractivity contribution in [1.82, 2.24) is 10.2 Å². The predicted octanol–water partition coefficient (Wildman–Crippen LogP) is 1.44. The fraction of sp³-hybridized carbons (Fsp3) is 0.714. The number of amides is 2. The van der Waals surface area contributed by atoms with E-state index in [2.05, 4.69) is 17.5 Å². The molecule has 0 bridgehead atoms. The number of allylic oxidation sites excluding steroid dienone is 2. The first kappa shape index (κ1) is 12.5. The molecule has 104 valence electrons. The van der Waals surface area contributed by atoms with Crippen LogP contribution in [0.1, 0.15) is 32.1 Å². The van der Waals surface area contributed by atoms with Gasteiger partial charge in [-0.05, 0) is 18.8 Å². The van der Waals surface area contributed by atoms with Gasteiger partial charge in [0.1, 0.15) is 5.60 Å². The molecule has 0 aromatic rings. The normalized spacial score (nSPS) is 28.5. The fourth-order valence-electron chi connectivity index (χ4n) is 3.16. The number of hydrogen-bond donors (Lipinski definition) is 1. The van der Waals surface area contributed by atoms with E-state index in [1.165, 1.54) is 0 Å². The van der Waals surface area contributed by atoms with Crippen molar-refractivity contribution in [1.29, 1.82) is 0 Å². The lowest BCUT2D eigenvalue weighted by Gasteiger charge is -2.37. The van der Waals surface area contributed by atoms with Gasteiger partial charge in [0.25, 0.3) is 0 Å². The highest BCUT2D eigenvalue weighted by atomic mass is 16.6. The molecule has 0 radical (unpaired) electrons. The van der Waals surface area contributed by atoms with Gasteiger partial charge < -0.3 is 15.0 Å². The van der Waals surface area contributed by atoms with E-state index in [1.54, 1.807) is 0 Å². The van der Waals surface area contributed by atoms with Gasteiger partial charge in [0.05, 0.1) is 6.54 Å². The first-order valence-electron chi connectivity index (χ1n) is 7.08. The Balaban J connectivity index is 1.50. The molecule has 1 spiro atoms. The summed E-state index contributed by atoms with van der Waals surface area (Å²) in [5.41, 5.74) is -0.360. The molecule has 0 aromatic heterocycles. The second-order valence-electron chi connectivity index (χ2n) is 5.78. The third-order valence-electron chi connectivity index (χ3n) is 4.44. The Bertz CT molecular complexity index is 411. The lowest BCUT2D eigenvalue weighted by molar-refractivity contribution is -0.135. The highest BCUT2D eigenvalue weighted by Crippen LogP contribution is 2.30. The van der Waals surface area contributed by atoms with Crippen LogP contribution in [0.3, 0.4) is 0 Å². The summed E-state index contributed by atoms with van der Waals surface area (Å²) in [5.74, 6) is 0.665. The molecule has 2 saturated heterocycles. The standard InChI is InChI=1S/C14H20N2O3/c17-12(9-11-3-1-2-4-11)16-7-5-14(6-8-16)10-15-13(18)19-14/h1,3,11H,2,4-10H2,(H,15,18)/t11-/m0/s1. The van der Waals surface area contributed by atoms with E-state index in [-0.39, 0.29) is 17.6 Å². The van der Waals surface area contributed by atoms with Crippen molar-refractivity contribution in [2.75, 3.05) is 19.6 Å². The molecule has 2 amide bonds. The van der Waals surface area contributed by atoms with E-state index in [9.17, 15) is 9.59 Å². The third kappa shape index (κ3) is 2.60. The van der Waals surface area contributed by atoms with Crippen LogP contribution in [0.25, 0.3) is 0 Å². The van der Waals surface area contributed by atoms with Gasteiger partial charge in [-0.25, -0.2) is 4.79 Å². The molecule has 1 aliphatic carbocycles. The Morgan fingerprint density at radius 2 is 2.26 bits per heavy atom. The number of likely N-dealkylation sites (tertiary alicyclic amines) is 1. The zero-order chi connectivity index (χ0) is 13.3. The maximum absolute atomic E-state index is 12.2. The van der Waals surface area contributed by atoms with E-state index in [0.29, 0.717) is 32.0 Å². The van der Waals surface area contributed by atoms with Gasteiger partial charge in [-0.15, -0.1) is 0 Å². The molecule has 2 heterocycles. The van der Waals surface area contributed by atoms with Crippen LogP contribution < -0.4 is 5.32 Å². The summed E-state index contributed by atoms with van der Waals surface area (Å²) in [6.45, 7) is 1.98. The minimum absolute atomic E-state index is 0.240. The van der Waals surface area contributed by atoms with Crippen molar-refractivity contribution < 1.29 is 14.3 Å². The van der Waals surface area contributed by atoms with Gasteiger partial charge >= 0.3 is 6.09 Å². The zero-order valence-electron chi connectivity index (χ0n) is 11.1. The predicted molar refractivity (Wildman–Crippen MR) is 69.5 cm³/mol. The van der Waals surface area contributed by atoms with Gasteiger partial charge in [-0.2, -0.15) is 0 Å². The summed E-state index contributed by atoms with van der Waals surface area (Å²) in [7, 11) is 0. The Labute approximate surface area is 113 Å². The molecule has 0 unspecified atom stereocenters. The molecule has 3 rings (SSSR count). The minimum Gasteiger partial charge on any atom is -0.441 e. The van der Waals surface area contributed by atoms with E-state index < -0.39 is 0 Å². The maximum atomic E-state index is 12.2. The molecule has 0 saturated carbocycles. The zero-order valence-corrected chi connectivity index (χ0v) is 11.1. The summed E-state index contributed by atoms with van der Waals surface area (Å²) in [4.78, 5) is 25.3. The number of alkyl carbamates (subject to hydrolysis) is 1. The molecule has 19 heavy (non-hydrogen) atoms. The number of carbonyl (C=O) groups is 2. The number of carbonyl (C=O) groups excluding carboxylic acids is 2. The summed E-state index contributed by atoms with van der Waals surface area (Å²) in [5, 5.41) is 2.71. The SMILES string of the molecule is O=C1NCC2(CCN(C(=O)C[C@H]3C=CCC3)CC2)O1. The van der Waals surface area contributed by atoms with Gasteiger partial charge in [-0.3, -0.25) is 4.79 Å². The first-order valence-corrected chi connectivity index (χ1v) is 7.08. The van der Waals surface area contributed by atoms with E-state index in [1.807, 2.05) is 4.90 Å². The lowest BCUT2D eigenvalue weighted by Crippen LogP contribution is -2.48. The van der Waals surface area contributed by atoms with Crippen LogP contribution in [0, 0.1) is 5.92 Å². The maximum Gasteiger partial charge on any atom is 0.407 e. The van der Waals surface area contributed by atoms with Crippen LogP contribution in [-0.2, 0) is 9.53 Å². The quantitative estimate of drug-likeness (QED) is 0.768. The number of rotatable bonds is 2. The first-order chi connectivity index (χ1) is 9.17. The van der Waals surface area contributed by atoms with E-state index in [0.717, 1.165) is 25.7 Å². The van der Waals surface area contributed by atoms with Crippen LogP contribution in [0.2, 0.25) is 0 Å². The smallest absolute Gasteiger partial charge is 0.407 e. The van der Waals surface area contributed by atoms with Gasteiger partial charge in [0.2, 0.25) is 5.91 Å². The van der Waals surface area contributed by atoms with Crippen LogP contribution in [0.15, 0.2) is 12.2 Å². The van der Waals surface area contributed by atoms with Crippen molar-refractivity contribution in [2.45, 2.75) is 37.7 Å². The van der Waals surface area contributed by atoms with Crippen molar-refractivity contribution in [3.05, 3.63) is 12.2 Å². The van der Waals surface area contributed by atoms with Crippen molar-refractivity contribution in [3.63, 3.8) is 0 Å². The monoisotopic (exact) mass is 264 g/mol. The fourth-order valence-corrected chi connectivity index (χ4v) is 3.16. The molecule has 1 N–H and O–H groups in total. The molecule has 2 aliphatic heterocycles. The Hall–Kier alpha value is -1.52. The second-order valence-corrected chi connectivity index (χ2v) is 5.78. The molecule has 5 nitrogen and oxygen atoms in total. The molecule has 0 aromatic carbocycles. The highest BCUT2D eigenvalue weighted by Gasteiger charge is 2.43. The molecule has 5 heteroatoms. The summed E-state index contributed by atoms with van der Waals surface area (Å²) in [6.07, 6.45) is 8.32. The average Bonchev–Trinajstić information content (AvgIpc) is 3.01. The lowest BCUT2D eigenvalue weighted by atomic mass is 9.91. The van der Waals surface area contributed by atoms with Crippen LogP contribution in [-0.4, -0.2) is 42.1 Å². The third-order valence-corrected chi connectivity index (χ3v) is 4.44. The van der Waals surface area contributed by atoms with Gasteiger partial charge in [-0.1, -0.05) is 12.2 Å². The molecular weight excluding hydrogens is 244 g/mol. The number of nitrogens with zero attached hydrogens (tertiary/aromatic N) is 1. The largest absolute Gasteiger partial charge is 0.441 e. The number of nitrogens with one attached hydrogen (secondary N) is 1. The Morgan fingerprint density at radius 1 is 1.47 bits per heavy atom. The van der Waals surface area contributed by atoms with Crippen molar-refractivity contribution >= 4 is 12.0 Å². The molecular formula is C14H20N2O3. The highest BCUT2D eigenvalue weighted by molar-refractivity contribution is 5.77.